The Hall–Kier alpha value is -0.0800. The van der Waals surface area contributed by atoms with Crippen LogP contribution in [0.15, 0.2) is 0 Å². The Labute approximate surface area is 113 Å². The van der Waals surface area contributed by atoms with Crippen molar-refractivity contribution < 1.29 is 0 Å². The molecule has 5 unspecified atom stereocenters. The summed E-state index contributed by atoms with van der Waals surface area (Å²) >= 11 is 0. The van der Waals surface area contributed by atoms with E-state index in [9.17, 15) is 0 Å². The second-order valence-electron chi connectivity index (χ2n) is 7.16. The molecule has 3 rings (SSSR count). The van der Waals surface area contributed by atoms with E-state index in [0.29, 0.717) is 0 Å². The van der Waals surface area contributed by atoms with Crippen molar-refractivity contribution in [1.29, 1.82) is 0 Å². The number of piperidine rings is 1. The Balaban J connectivity index is 1.58. The zero-order valence-electron chi connectivity index (χ0n) is 12.2. The Morgan fingerprint density at radius 3 is 2.67 bits per heavy atom. The standard InChI is InChI=1S/C16H30N2/c1-12-6-7-13(2)15(11-12)17-14-8-10-18-9-4-3-5-16(14)18/h12-17H,3-11H2,1-2H3. The first kappa shape index (κ1) is 12.9. The van der Waals surface area contributed by atoms with Gasteiger partial charge >= 0.3 is 0 Å². The van der Waals surface area contributed by atoms with Gasteiger partial charge in [0.1, 0.15) is 0 Å². The molecule has 1 saturated carbocycles. The van der Waals surface area contributed by atoms with E-state index in [0.717, 1.165) is 30.0 Å². The van der Waals surface area contributed by atoms with Gasteiger partial charge in [0.15, 0.2) is 0 Å². The molecule has 1 N–H and O–H groups in total. The zero-order valence-corrected chi connectivity index (χ0v) is 12.2. The van der Waals surface area contributed by atoms with Gasteiger partial charge in [0.25, 0.3) is 0 Å². The topological polar surface area (TPSA) is 15.3 Å². The highest BCUT2D eigenvalue weighted by molar-refractivity contribution is 4.96. The molecule has 2 aliphatic heterocycles. The van der Waals surface area contributed by atoms with Crippen LogP contribution in [0.2, 0.25) is 0 Å². The summed E-state index contributed by atoms with van der Waals surface area (Å²) in [6, 6.07) is 2.45. The predicted molar refractivity (Wildman–Crippen MR) is 76.7 cm³/mol. The van der Waals surface area contributed by atoms with E-state index in [-0.39, 0.29) is 0 Å². The average Bonchev–Trinajstić information content (AvgIpc) is 2.78. The molecule has 0 aromatic carbocycles. The van der Waals surface area contributed by atoms with Gasteiger partial charge in [-0.1, -0.05) is 26.7 Å². The second kappa shape index (κ2) is 5.50. The lowest BCUT2D eigenvalue weighted by Crippen LogP contribution is -2.51. The van der Waals surface area contributed by atoms with Gasteiger partial charge in [0, 0.05) is 24.7 Å². The number of hydrogen-bond acceptors (Lipinski definition) is 2. The van der Waals surface area contributed by atoms with Crippen LogP contribution in [0.3, 0.4) is 0 Å². The van der Waals surface area contributed by atoms with Crippen LogP contribution < -0.4 is 5.32 Å². The first-order valence-corrected chi connectivity index (χ1v) is 8.24. The van der Waals surface area contributed by atoms with Crippen LogP contribution in [0, 0.1) is 11.8 Å². The molecule has 104 valence electrons. The highest BCUT2D eigenvalue weighted by atomic mass is 15.2. The number of hydrogen-bond donors (Lipinski definition) is 1. The smallest absolute Gasteiger partial charge is 0.0249 e. The third kappa shape index (κ3) is 2.60. The van der Waals surface area contributed by atoms with Gasteiger partial charge in [0.2, 0.25) is 0 Å². The van der Waals surface area contributed by atoms with Crippen molar-refractivity contribution >= 4 is 0 Å². The van der Waals surface area contributed by atoms with Crippen molar-refractivity contribution in [3.05, 3.63) is 0 Å². The highest BCUT2D eigenvalue weighted by Crippen LogP contribution is 2.32. The molecule has 0 aromatic rings. The first-order valence-electron chi connectivity index (χ1n) is 8.24. The SMILES string of the molecule is CC1CCC(C)C(NC2CCN3CCCCC23)C1. The minimum Gasteiger partial charge on any atom is -0.309 e. The summed E-state index contributed by atoms with van der Waals surface area (Å²) in [5, 5.41) is 4.06. The summed E-state index contributed by atoms with van der Waals surface area (Å²) in [6.07, 6.45) is 10.00. The van der Waals surface area contributed by atoms with Crippen molar-refractivity contribution in [2.24, 2.45) is 11.8 Å². The Morgan fingerprint density at radius 2 is 1.78 bits per heavy atom. The van der Waals surface area contributed by atoms with E-state index in [1.165, 1.54) is 58.0 Å². The largest absolute Gasteiger partial charge is 0.309 e. The van der Waals surface area contributed by atoms with Crippen LogP contribution in [0.1, 0.15) is 58.8 Å². The van der Waals surface area contributed by atoms with Gasteiger partial charge in [-0.15, -0.1) is 0 Å². The minimum absolute atomic E-state index is 0.792. The number of rotatable bonds is 2. The molecule has 2 heteroatoms. The van der Waals surface area contributed by atoms with E-state index >= 15 is 0 Å². The average molecular weight is 250 g/mol. The van der Waals surface area contributed by atoms with Crippen LogP contribution in [0.5, 0.6) is 0 Å². The predicted octanol–water partition coefficient (Wildman–Crippen LogP) is 3.03. The van der Waals surface area contributed by atoms with Crippen molar-refractivity contribution in [3.63, 3.8) is 0 Å². The fourth-order valence-corrected chi connectivity index (χ4v) is 4.48. The van der Waals surface area contributed by atoms with E-state index in [4.69, 9.17) is 0 Å². The Bertz CT molecular complexity index is 278. The van der Waals surface area contributed by atoms with E-state index < -0.39 is 0 Å². The molecule has 3 aliphatic rings. The molecule has 18 heavy (non-hydrogen) atoms. The molecule has 0 bridgehead atoms. The van der Waals surface area contributed by atoms with E-state index in [1.807, 2.05) is 0 Å². The molecule has 1 aliphatic carbocycles. The van der Waals surface area contributed by atoms with E-state index in [1.54, 1.807) is 0 Å². The number of nitrogens with one attached hydrogen (secondary N) is 1. The number of nitrogens with zero attached hydrogens (tertiary/aromatic N) is 1. The molecular weight excluding hydrogens is 220 g/mol. The monoisotopic (exact) mass is 250 g/mol. The summed E-state index contributed by atoms with van der Waals surface area (Å²) in [4.78, 5) is 2.75. The van der Waals surface area contributed by atoms with Crippen LogP contribution in [-0.4, -0.2) is 36.1 Å². The van der Waals surface area contributed by atoms with Crippen molar-refractivity contribution in [3.8, 4) is 0 Å². The van der Waals surface area contributed by atoms with Gasteiger partial charge in [0.05, 0.1) is 0 Å². The molecule has 5 atom stereocenters. The third-order valence-electron chi connectivity index (χ3n) is 5.74. The fraction of sp³-hybridized carbons (Fsp3) is 1.00. The molecular formula is C16H30N2. The molecule has 0 amide bonds. The number of fused-ring (bicyclic) bond motifs is 1. The van der Waals surface area contributed by atoms with Gasteiger partial charge in [-0.05, 0) is 50.5 Å². The van der Waals surface area contributed by atoms with Gasteiger partial charge < -0.3 is 5.32 Å². The highest BCUT2D eigenvalue weighted by Gasteiger charge is 2.37. The van der Waals surface area contributed by atoms with Crippen LogP contribution in [0.25, 0.3) is 0 Å². The van der Waals surface area contributed by atoms with E-state index in [2.05, 4.69) is 24.1 Å². The molecule has 3 fully saturated rings. The summed E-state index contributed by atoms with van der Waals surface area (Å²) < 4.78 is 0. The third-order valence-corrected chi connectivity index (χ3v) is 5.74. The summed E-state index contributed by atoms with van der Waals surface area (Å²) in [6.45, 7) is 7.59. The Kier molecular flexibility index (Phi) is 3.95. The van der Waals surface area contributed by atoms with Crippen LogP contribution in [0.4, 0.5) is 0 Å². The lowest BCUT2D eigenvalue weighted by molar-refractivity contribution is 0.156. The zero-order chi connectivity index (χ0) is 12.5. The lowest BCUT2D eigenvalue weighted by atomic mass is 9.79. The van der Waals surface area contributed by atoms with Gasteiger partial charge in [-0.25, -0.2) is 0 Å². The molecule has 0 aromatic heterocycles. The molecule has 2 nitrogen and oxygen atoms in total. The molecule has 2 saturated heterocycles. The molecule has 2 heterocycles. The summed E-state index contributed by atoms with van der Waals surface area (Å²) in [7, 11) is 0. The van der Waals surface area contributed by atoms with Crippen molar-refractivity contribution in [2.45, 2.75) is 76.9 Å². The maximum Gasteiger partial charge on any atom is 0.0249 e. The van der Waals surface area contributed by atoms with Crippen molar-refractivity contribution in [1.82, 2.24) is 10.2 Å². The quantitative estimate of drug-likeness (QED) is 0.810. The summed E-state index contributed by atoms with van der Waals surface area (Å²) in [5.74, 6) is 1.82. The van der Waals surface area contributed by atoms with Crippen LogP contribution >= 0.6 is 0 Å². The maximum absolute atomic E-state index is 4.06. The fourth-order valence-electron chi connectivity index (χ4n) is 4.48. The first-order chi connectivity index (χ1) is 8.74. The van der Waals surface area contributed by atoms with Crippen molar-refractivity contribution in [2.75, 3.05) is 13.1 Å². The lowest BCUT2D eigenvalue weighted by Gasteiger charge is -2.38. The Morgan fingerprint density at radius 1 is 0.889 bits per heavy atom. The van der Waals surface area contributed by atoms with Gasteiger partial charge in [-0.3, -0.25) is 4.90 Å². The summed E-state index contributed by atoms with van der Waals surface area (Å²) in [5.41, 5.74) is 0. The maximum atomic E-state index is 4.06. The second-order valence-corrected chi connectivity index (χ2v) is 7.16. The normalized spacial score (nSPS) is 46.0. The van der Waals surface area contributed by atoms with Crippen LogP contribution in [-0.2, 0) is 0 Å². The minimum atomic E-state index is 0.792. The molecule has 0 radical (unpaired) electrons. The molecule has 0 spiro atoms. The van der Waals surface area contributed by atoms with Gasteiger partial charge in [-0.2, -0.15) is 0 Å².